The molecule has 82 valence electrons. The molecule has 1 nitrogen and oxygen atoms in total. The maximum Gasteiger partial charge on any atom is 0.416 e. The predicted octanol–water partition coefficient (Wildman–Crippen LogP) is 3.52. The number of hydrogen-bond donors (Lipinski definition) is 0. The summed E-state index contributed by atoms with van der Waals surface area (Å²) in [5.41, 5.74) is 0.412. The minimum atomic E-state index is -4.36. The summed E-state index contributed by atoms with van der Waals surface area (Å²) < 4.78 is 37.2. The third kappa shape index (κ3) is 2.37. The standard InChI is InChI=1S/C11H11F3O/c1-6-4-9(11(12,13)14)5-7(2)10(6)8(3)15/h4-5H,1-3H3. The van der Waals surface area contributed by atoms with E-state index in [9.17, 15) is 18.0 Å². The zero-order valence-corrected chi connectivity index (χ0v) is 8.70. The fourth-order valence-electron chi connectivity index (χ4n) is 1.68. The molecule has 0 saturated heterocycles. The molecule has 4 heteroatoms. The number of carbonyl (C=O) groups is 1. The highest BCUT2D eigenvalue weighted by Crippen LogP contribution is 2.31. The molecule has 1 aromatic rings. The first-order valence-electron chi connectivity index (χ1n) is 4.43. The average molecular weight is 216 g/mol. The van der Waals surface area contributed by atoms with Crippen molar-refractivity contribution in [3.05, 3.63) is 34.4 Å². The molecule has 0 aliphatic carbocycles. The fourth-order valence-corrected chi connectivity index (χ4v) is 1.68. The summed E-state index contributed by atoms with van der Waals surface area (Å²) in [4.78, 5) is 11.2. The summed E-state index contributed by atoms with van der Waals surface area (Å²) >= 11 is 0. The second-order valence-corrected chi connectivity index (χ2v) is 3.54. The molecule has 0 fully saturated rings. The number of Topliss-reactive ketones (excluding diaryl/α,β-unsaturated/α-hetero) is 1. The summed E-state index contributed by atoms with van der Waals surface area (Å²) in [5, 5.41) is 0. The minimum Gasteiger partial charge on any atom is -0.294 e. The van der Waals surface area contributed by atoms with Gasteiger partial charge in [-0.15, -0.1) is 0 Å². The van der Waals surface area contributed by atoms with Crippen LogP contribution in [-0.4, -0.2) is 5.78 Å². The molecule has 0 atom stereocenters. The zero-order valence-electron chi connectivity index (χ0n) is 8.70. The Kier molecular flexibility index (Phi) is 2.88. The molecule has 0 amide bonds. The Hall–Kier alpha value is -1.32. The Labute approximate surface area is 85.9 Å². The van der Waals surface area contributed by atoms with Gasteiger partial charge in [-0.1, -0.05) is 0 Å². The smallest absolute Gasteiger partial charge is 0.294 e. The van der Waals surface area contributed by atoms with Crippen molar-refractivity contribution >= 4 is 5.78 Å². The second kappa shape index (κ2) is 3.68. The van der Waals surface area contributed by atoms with Crippen LogP contribution in [0.25, 0.3) is 0 Å². The third-order valence-corrected chi connectivity index (χ3v) is 2.21. The quantitative estimate of drug-likeness (QED) is 0.656. The van der Waals surface area contributed by atoms with E-state index in [1.54, 1.807) is 0 Å². The van der Waals surface area contributed by atoms with Crippen molar-refractivity contribution in [2.75, 3.05) is 0 Å². The normalized spacial score (nSPS) is 11.6. The van der Waals surface area contributed by atoms with Crippen LogP contribution in [0.2, 0.25) is 0 Å². The maximum atomic E-state index is 12.4. The SMILES string of the molecule is CC(=O)c1c(C)cc(C(F)(F)F)cc1C. The molecule has 0 aliphatic heterocycles. The van der Waals surface area contributed by atoms with Crippen LogP contribution in [0.15, 0.2) is 12.1 Å². The molecule has 1 aromatic carbocycles. The van der Waals surface area contributed by atoms with Crippen molar-refractivity contribution in [1.29, 1.82) is 0 Å². The van der Waals surface area contributed by atoms with Crippen molar-refractivity contribution in [3.63, 3.8) is 0 Å². The van der Waals surface area contributed by atoms with Gasteiger partial charge in [0.25, 0.3) is 0 Å². The lowest BCUT2D eigenvalue weighted by atomic mass is 9.96. The van der Waals surface area contributed by atoms with Crippen LogP contribution >= 0.6 is 0 Å². The van der Waals surface area contributed by atoms with Crippen molar-refractivity contribution in [1.82, 2.24) is 0 Å². The number of rotatable bonds is 1. The van der Waals surface area contributed by atoms with Gasteiger partial charge in [-0.2, -0.15) is 13.2 Å². The number of halogens is 3. The third-order valence-electron chi connectivity index (χ3n) is 2.21. The Bertz CT molecular complexity index is 382. The molecule has 0 N–H and O–H groups in total. The maximum absolute atomic E-state index is 12.4. The molecular formula is C11H11F3O. The lowest BCUT2D eigenvalue weighted by Crippen LogP contribution is -2.09. The van der Waals surface area contributed by atoms with Crippen molar-refractivity contribution < 1.29 is 18.0 Å². The van der Waals surface area contributed by atoms with Gasteiger partial charge in [0.15, 0.2) is 5.78 Å². The van der Waals surface area contributed by atoms with Crippen molar-refractivity contribution in [2.45, 2.75) is 26.9 Å². The molecule has 1 rings (SSSR count). The summed E-state index contributed by atoms with van der Waals surface area (Å²) in [7, 11) is 0. The molecule has 0 aliphatic rings. The van der Waals surface area contributed by atoms with Gasteiger partial charge in [0, 0.05) is 5.56 Å². The van der Waals surface area contributed by atoms with E-state index in [1.165, 1.54) is 20.8 Å². The van der Waals surface area contributed by atoms with Crippen LogP contribution in [0.3, 0.4) is 0 Å². The summed E-state index contributed by atoms with van der Waals surface area (Å²) in [5.74, 6) is -0.210. The fraction of sp³-hybridized carbons (Fsp3) is 0.364. The molecule has 0 aromatic heterocycles. The van der Waals surface area contributed by atoms with Crippen LogP contribution in [0.1, 0.15) is 34.0 Å². The van der Waals surface area contributed by atoms with Crippen LogP contribution in [-0.2, 0) is 6.18 Å². The van der Waals surface area contributed by atoms with Gasteiger partial charge in [0.2, 0.25) is 0 Å². The van der Waals surface area contributed by atoms with Gasteiger partial charge in [-0.25, -0.2) is 0 Å². The molecule has 0 bridgehead atoms. The summed E-state index contributed by atoms with van der Waals surface area (Å²) in [6, 6.07) is 2.01. The summed E-state index contributed by atoms with van der Waals surface area (Å²) in [6.07, 6.45) is -4.36. The molecular weight excluding hydrogens is 205 g/mol. The zero-order chi connectivity index (χ0) is 11.8. The molecule has 0 radical (unpaired) electrons. The lowest BCUT2D eigenvalue weighted by Gasteiger charge is -2.12. The van der Waals surface area contributed by atoms with E-state index in [2.05, 4.69) is 0 Å². The van der Waals surface area contributed by atoms with Crippen molar-refractivity contribution in [3.8, 4) is 0 Å². The average Bonchev–Trinajstić information content (AvgIpc) is 1.99. The van der Waals surface area contributed by atoms with E-state index >= 15 is 0 Å². The van der Waals surface area contributed by atoms with E-state index in [4.69, 9.17) is 0 Å². The van der Waals surface area contributed by atoms with E-state index in [0.717, 1.165) is 12.1 Å². The van der Waals surface area contributed by atoms with E-state index < -0.39 is 11.7 Å². The first-order valence-corrected chi connectivity index (χ1v) is 4.43. The highest BCUT2D eigenvalue weighted by atomic mass is 19.4. The Morgan fingerprint density at radius 1 is 1.13 bits per heavy atom. The van der Waals surface area contributed by atoms with Crippen LogP contribution in [0.4, 0.5) is 13.2 Å². The largest absolute Gasteiger partial charge is 0.416 e. The lowest BCUT2D eigenvalue weighted by molar-refractivity contribution is -0.137. The van der Waals surface area contributed by atoms with Gasteiger partial charge in [0.05, 0.1) is 5.56 Å². The topological polar surface area (TPSA) is 17.1 Å². The summed E-state index contributed by atoms with van der Waals surface area (Å²) in [6.45, 7) is 4.38. The molecule has 0 unspecified atom stereocenters. The monoisotopic (exact) mass is 216 g/mol. The Morgan fingerprint density at radius 3 is 1.80 bits per heavy atom. The number of hydrogen-bond acceptors (Lipinski definition) is 1. The van der Waals surface area contributed by atoms with Gasteiger partial charge in [0.1, 0.15) is 0 Å². The van der Waals surface area contributed by atoms with Crippen LogP contribution in [0.5, 0.6) is 0 Å². The van der Waals surface area contributed by atoms with E-state index in [0.29, 0.717) is 16.7 Å². The van der Waals surface area contributed by atoms with Crippen LogP contribution in [0, 0.1) is 13.8 Å². The first-order chi connectivity index (χ1) is 6.73. The number of alkyl halides is 3. The Morgan fingerprint density at radius 2 is 1.53 bits per heavy atom. The number of carbonyl (C=O) groups excluding carboxylic acids is 1. The van der Waals surface area contributed by atoms with Gasteiger partial charge < -0.3 is 0 Å². The number of benzene rings is 1. The van der Waals surface area contributed by atoms with Crippen LogP contribution < -0.4 is 0 Å². The van der Waals surface area contributed by atoms with Gasteiger partial charge in [-0.3, -0.25) is 4.79 Å². The van der Waals surface area contributed by atoms with Gasteiger partial charge >= 0.3 is 6.18 Å². The molecule has 0 heterocycles. The molecule has 0 saturated carbocycles. The number of ketones is 1. The predicted molar refractivity (Wildman–Crippen MR) is 50.9 cm³/mol. The minimum absolute atomic E-state index is 0.210. The van der Waals surface area contributed by atoms with Crippen molar-refractivity contribution in [2.24, 2.45) is 0 Å². The van der Waals surface area contributed by atoms with E-state index in [1.807, 2.05) is 0 Å². The first kappa shape index (κ1) is 11.8. The van der Waals surface area contributed by atoms with Gasteiger partial charge in [-0.05, 0) is 44.0 Å². The molecule has 0 spiro atoms. The second-order valence-electron chi connectivity index (χ2n) is 3.54. The highest BCUT2D eigenvalue weighted by molar-refractivity contribution is 5.97. The highest BCUT2D eigenvalue weighted by Gasteiger charge is 2.31. The number of aryl methyl sites for hydroxylation is 2. The van der Waals surface area contributed by atoms with E-state index in [-0.39, 0.29) is 5.78 Å². The Balaban J connectivity index is 3.39. The molecule has 15 heavy (non-hydrogen) atoms.